The van der Waals surface area contributed by atoms with Crippen LogP contribution in [0.1, 0.15) is 34.1 Å². The molecular formula is C17H15F3N2O2. The van der Waals surface area contributed by atoms with Crippen molar-refractivity contribution in [1.82, 2.24) is 9.88 Å². The maximum atomic E-state index is 12.9. The van der Waals surface area contributed by atoms with E-state index in [0.29, 0.717) is 5.56 Å². The molecule has 4 nitrogen and oxygen atoms in total. The first-order chi connectivity index (χ1) is 11.4. The van der Waals surface area contributed by atoms with Crippen molar-refractivity contribution in [1.29, 1.82) is 0 Å². The molecule has 1 aliphatic rings. The second-order valence-electron chi connectivity index (χ2n) is 5.70. The van der Waals surface area contributed by atoms with Crippen molar-refractivity contribution < 1.29 is 23.1 Å². The van der Waals surface area contributed by atoms with Crippen LogP contribution < -0.4 is 0 Å². The van der Waals surface area contributed by atoms with Crippen LogP contribution in [0, 0.1) is 0 Å². The monoisotopic (exact) mass is 336 g/mol. The summed E-state index contributed by atoms with van der Waals surface area (Å²) >= 11 is 0. The molecule has 0 bridgehead atoms. The van der Waals surface area contributed by atoms with Crippen LogP contribution in [-0.4, -0.2) is 33.5 Å². The molecular weight excluding hydrogens is 321 g/mol. The largest absolute Gasteiger partial charge is 0.416 e. The molecule has 0 saturated carbocycles. The lowest BCUT2D eigenvalue weighted by molar-refractivity contribution is -0.137. The Morgan fingerprint density at radius 3 is 2.67 bits per heavy atom. The highest BCUT2D eigenvalue weighted by Crippen LogP contribution is 2.36. The fourth-order valence-corrected chi connectivity index (χ4v) is 2.91. The summed E-state index contributed by atoms with van der Waals surface area (Å²) in [5, 5.41) is 9.92. The number of rotatable bonds is 2. The van der Waals surface area contributed by atoms with Gasteiger partial charge >= 0.3 is 6.18 Å². The van der Waals surface area contributed by atoms with Crippen LogP contribution in [0.3, 0.4) is 0 Å². The molecule has 1 amide bonds. The van der Waals surface area contributed by atoms with Gasteiger partial charge in [-0.1, -0.05) is 18.2 Å². The van der Waals surface area contributed by atoms with Crippen molar-refractivity contribution in [2.45, 2.75) is 24.7 Å². The number of alkyl halides is 3. The molecule has 7 heteroatoms. The minimum absolute atomic E-state index is 0.0658. The highest BCUT2D eigenvalue weighted by atomic mass is 19.4. The number of hydrogen-bond acceptors (Lipinski definition) is 3. The Morgan fingerprint density at radius 2 is 2.00 bits per heavy atom. The van der Waals surface area contributed by atoms with Gasteiger partial charge in [-0.15, -0.1) is 0 Å². The van der Waals surface area contributed by atoms with E-state index < -0.39 is 29.8 Å². The third-order valence-electron chi connectivity index (χ3n) is 4.02. The third kappa shape index (κ3) is 3.26. The molecule has 1 saturated heterocycles. The molecule has 24 heavy (non-hydrogen) atoms. The van der Waals surface area contributed by atoms with E-state index in [1.165, 1.54) is 29.3 Å². The number of aromatic nitrogens is 1. The van der Waals surface area contributed by atoms with Gasteiger partial charge in [0.1, 0.15) is 5.69 Å². The molecule has 0 aliphatic carbocycles. The highest BCUT2D eigenvalue weighted by Gasteiger charge is 2.37. The Labute approximate surface area is 136 Å². The number of amides is 1. The zero-order valence-corrected chi connectivity index (χ0v) is 12.6. The summed E-state index contributed by atoms with van der Waals surface area (Å²) in [5.41, 5.74) is -0.221. The minimum atomic E-state index is -4.46. The first kappa shape index (κ1) is 16.4. The number of halogens is 3. The summed E-state index contributed by atoms with van der Waals surface area (Å²) in [5.74, 6) is -0.408. The predicted octanol–water partition coefficient (Wildman–Crippen LogP) is 3.05. The van der Waals surface area contributed by atoms with Gasteiger partial charge in [-0.25, -0.2) is 0 Å². The van der Waals surface area contributed by atoms with Crippen LogP contribution in [0.15, 0.2) is 48.7 Å². The smallest absolute Gasteiger partial charge is 0.391 e. The molecule has 2 aromatic rings. The molecule has 2 heterocycles. The Balaban J connectivity index is 1.93. The normalized spacial score (nSPS) is 21.1. The van der Waals surface area contributed by atoms with Crippen LogP contribution in [0.2, 0.25) is 0 Å². The number of carbonyl (C=O) groups excluding carboxylic acids is 1. The molecule has 2 atom stereocenters. The van der Waals surface area contributed by atoms with Gasteiger partial charge in [-0.3, -0.25) is 9.78 Å². The fourth-order valence-electron chi connectivity index (χ4n) is 2.91. The summed E-state index contributed by atoms with van der Waals surface area (Å²) in [7, 11) is 0. The van der Waals surface area contributed by atoms with E-state index in [9.17, 15) is 23.1 Å². The molecule has 1 aromatic carbocycles. The summed E-state index contributed by atoms with van der Waals surface area (Å²) in [6.07, 6.45) is -3.57. The van der Waals surface area contributed by atoms with Crippen LogP contribution in [0.4, 0.5) is 13.2 Å². The molecule has 126 valence electrons. The fraction of sp³-hybridized carbons (Fsp3) is 0.294. The van der Waals surface area contributed by atoms with Gasteiger partial charge in [0.05, 0.1) is 17.7 Å². The van der Waals surface area contributed by atoms with E-state index in [1.54, 1.807) is 12.1 Å². The zero-order valence-electron chi connectivity index (χ0n) is 12.6. The van der Waals surface area contributed by atoms with Crippen LogP contribution in [-0.2, 0) is 6.18 Å². The number of nitrogens with zero attached hydrogens (tertiary/aromatic N) is 2. The number of pyridine rings is 1. The van der Waals surface area contributed by atoms with Crippen molar-refractivity contribution in [3.05, 3.63) is 65.5 Å². The van der Waals surface area contributed by atoms with Crippen molar-refractivity contribution in [2.24, 2.45) is 0 Å². The molecule has 3 rings (SSSR count). The Bertz CT molecular complexity index is 734. The number of hydrogen-bond donors (Lipinski definition) is 1. The minimum Gasteiger partial charge on any atom is -0.391 e. The van der Waals surface area contributed by atoms with E-state index in [4.69, 9.17) is 0 Å². The van der Waals surface area contributed by atoms with Gasteiger partial charge in [0.25, 0.3) is 5.91 Å². The van der Waals surface area contributed by atoms with Crippen LogP contribution in [0.5, 0.6) is 0 Å². The summed E-state index contributed by atoms with van der Waals surface area (Å²) < 4.78 is 38.7. The average molecular weight is 336 g/mol. The van der Waals surface area contributed by atoms with Crippen molar-refractivity contribution in [2.75, 3.05) is 6.54 Å². The SMILES string of the molecule is O=C(c1ccccn1)N1C[C@H](O)C[C@@H]1c1cccc(C(F)(F)F)c1. The van der Waals surface area contributed by atoms with Gasteiger partial charge in [-0.2, -0.15) is 13.2 Å². The van der Waals surface area contributed by atoms with E-state index in [2.05, 4.69) is 4.98 Å². The number of likely N-dealkylation sites (tertiary alicyclic amines) is 1. The van der Waals surface area contributed by atoms with E-state index in [-0.39, 0.29) is 18.7 Å². The number of carbonyl (C=O) groups is 1. The van der Waals surface area contributed by atoms with E-state index in [1.807, 2.05) is 0 Å². The standard InChI is InChI=1S/C17H15F3N2O2/c18-17(19,20)12-5-3-4-11(8-12)15-9-13(23)10-22(15)16(24)14-6-1-2-7-21-14/h1-8,13,15,23H,9-10H2/t13-,15-/m1/s1. The quantitative estimate of drug-likeness (QED) is 0.917. The molecule has 1 aliphatic heterocycles. The molecule has 1 aromatic heterocycles. The first-order valence-corrected chi connectivity index (χ1v) is 7.43. The predicted molar refractivity (Wildman–Crippen MR) is 80.1 cm³/mol. The number of β-amino-alcohol motifs (C(OH)–C–C–N with tert-alkyl or cyclic N) is 1. The summed E-state index contributed by atoms with van der Waals surface area (Å²) in [4.78, 5) is 17.9. The second-order valence-corrected chi connectivity index (χ2v) is 5.70. The lowest BCUT2D eigenvalue weighted by Gasteiger charge is -2.25. The van der Waals surface area contributed by atoms with Crippen molar-refractivity contribution >= 4 is 5.91 Å². The molecule has 1 N–H and O–H groups in total. The van der Waals surface area contributed by atoms with Gasteiger partial charge in [0.15, 0.2) is 0 Å². The molecule has 0 spiro atoms. The zero-order chi connectivity index (χ0) is 17.3. The lowest BCUT2D eigenvalue weighted by Crippen LogP contribution is -2.32. The number of aliphatic hydroxyl groups is 1. The van der Waals surface area contributed by atoms with Gasteiger partial charge in [-0.05, 0) is 36.2 Å². The lowest BCUT2D eigenvalue weighted by atomic mass is 10.0. The van der Waals surface area contributed by atoms with Crippen molar-refractivity contribution in [3.63, 3.8) is 0 Å². The maximum Gasteiger partial charge on any atom is 0.416 e. The molecule has 0 unspecified atom stereocenters. The first-order valence-electron chi connectivity index (χ1n) is 7.43. The van der Waals surface area contributed by atoms with Crippen LogP contribution in [0.25, 0.3) is 0 Å². The topological polar surface area (TPSA) is 53.4 Å². The van der Waals surface area contributed by atoms with E-state index in [0.717, 1.165) is 12.1 Å². The average Bonchev–Trinajstić information content (AvgIpc) is 2.96. The highest BCUT2D eigenvalue weighted by molar-refractivity contribution is 5.92. The Morgan fingerprint density at radius 1 is 1.21 bits per heavy atom. The second kappa shape index (κ2) is 6.24. The van der Waals surface area contributed by atoms with Gasteiger partial charge < -0.3 is 10.0 Å². The number of aliphatic hydroxyl groups excluding tert-OH is 1. The number of benzene rings is 1. The van der Waals surface area contributed by atoms with Crippen LogP contribution >= 0.6 is 0 Å². The van der Waals surface area contributed by atoms with Gasteiger partial charge in [0, 0.05) is 12.7 Å². The van der Waals surface area contributed by atoms with Crippen molar-refractivity contribution in [3.8, 4) is 0 Å². The Hall–Kier alpha value is -2.41. The molecule has 0 radical (unpaired) electrons. The Kier molecular flexibility index (Phi) is 4.28. The molecule has 1 fully saturated rings. The maximum absolute atomic E-state index is 12.9. The summed E-state index contributed by atoms with van der Waals surface area (Å²) in [6, 6.07) is 9.11. The third-order valence-corrected chi connectivity index (χ3v) is 4.02. The van der Waals surface area contributed by atoms with Gasteiger partial charge in [0.2, 0.25) is 0 Å². The summed E-state index contributed by atoms with van der Waals surface area (Å²) in [6.45, 7) is 0.0658. The van der Waals surface area contributed by atoms with E-state index >= 15 is 0 Å².